The third-order valence-corrected chi connectivity index (χ3v) is 6.43. The topological polar surface area (TPSA) is 91.0 Å². The predicted molar refractivity (Wildman–Crippen MR) is 118 cm³/mol. The highest BCUT2D eigenvalue weighted by molar-refractivity contribution is 7.92. The summed E-state index contributed by atoms with van der Waals surface area (Å²) in [6.45, 7) is 6.10. The molecule has 0 aliphatic carbocycles. The standard InChI is InChI=1S/C21H28N4O4S/c1-4-22-21(26)19-15-18(9-10-20(19)29-3)30(27,28)23-16-5-7-17(8-6-16)25-13-11-24(2)12-14-25/h5-10,15,23H,4,11-14H2,1-3H3,(H,22,26). The molecule has 162 valence electrons. The number of hydrogen-bond donors (Lipinski definition) is 2. The zero-order chi connectivity index (χ0) is 21.7. The molecule has 1 aliphatic rings. The van der Waals surface area contributed by atoms with Gasteiger partial charge in [-0.1, -0.05) is 0 Å². The van der Waals surface area contributed by atoms with Crippen LogP contribution in [0.2, 0.25) is 0 Å². The molecule has 9 heteroatoms. The molecule has 2 aromatic rings. The predicted octanol–water partition coefficient (Wildman–Crippen LogP) is 2.00. The number of benzene rings is 2. The van der Waals surface area contributed by atoms with Gasteiger partial charge in [0, 0.05) is 44.1 Å². The molecule has 1 amide bonds. The first kappa shape index (κ1) is 21.9. The monoisotopic (exact) mass is 432 g/mol. The lowest BCUT2D eigenvalue weighted by Crippen LogP contribution is -2.44. The highest BCUT2D eigenvalue weighted by atomic mass is 32.2. The van der Waals surface area contributed by atoms with Gasteiger partial charge in [-0.05, 0) is 56.4 Å². The van der Waals surface area contributed by atoms with Crippen molar-refractivity contribution in [1.29, 1.82) is 0 Å². The van der Waals surface area contributed by atoms with Gasteiger partial charge in [-0.15, -0.1) is 0 Å². The second kappa shape index (κ2) is 9.36. The summed E-state index contributed by atoms with van der Waals surface area (Å²) in [5, 5.41) is 2.66. The third-order valence-electron chi connectivity index (χ3n) is 5.05. The van der Waals surface area contributed by atoms with Gasteiger partial charge in [-0.3, -0.25) is 9.52 Å². The Labute approximate surface area is 177 Å². The van der Waals surface area contributed by atoms with E-state index in [4.69, 9.17) is 4.74 Å². The minimum Gasteiger partial charge on any atom is -0.496 e. The molecule has 0 saturated carbocycles. The molecule has 8 nitrogen and oxygen atoms in total. The van der Waals surface area contributed by atoms with Crippen molar-refractivity contribution in [2.45, 2.75) is 11.8 Å². The summed E-state index contributed by atoms with van der Waals surface area (Å²) >= 11 is 0. The van der Waals surface area contributed by atoms with Crippen molar-refractivity contribution in [3.8, 4) is 5.75 Å². The van der Waals surface area contributed by atoms with E-state index in [0.717, 1.165) is 31.9 Å². The van der Waals surface area contributed by atoms with Crippen LogP contribution in [-0.2, 0) is 10.0 Å². The summed E-state index contributed by atoms with van der Waals surface area (Å²) in [6.07, 6.45) is 0. The van der Waals surface area contributed by atoms with E-state index in [9.17, 15) is 13.2 Å². The van der Waals surface area contributed by atoms with Crippen molar-refractivity contribution in [2.24, 2.45) is 0 Å². The highest BCUT2D eigenvalue weighted by Gasteiger charge is 2.20. The highest BCUT2D eigenvalue weighted by Crippen LogP contribution is 2.25. The van der Waals surface area contributed by atoms with Crippen LogP contribution in [0.1, 0.15) is 17.3 Å². The number of rotatable bonds is 7. The van der Waals surface area contributed by atoms with Crippen LogP contribution >= 0.6 is 0 Å². The molecule has 0 spiro atoms. The number of anilines is 2. The molecule has 30 heavy (non-hydrogen) atoms. The summed E-state index contributed by atoms with van der Waals surface area (Å²) in [7, 11) is -0.320. The Morgan fingerprint density at radius 3 is 2.33 bits per heavy atom. The van der Waals surface area contributed by atoms with E-state index in [1.165, 1.54) is 25.3 Å². The molecule has 1 saturated heterocycles. The first-order chi connectivity index (χ1) is 14.3. The van der Waals surface area contributed by atoms with Crippen molar-refractivity contribution < 1.29 is 17.9 Å². The number of nitrogens with one attached hydrogen (secondary N) is 2. The van der Waals surface area contributed by atoms with Crippen molar-refractivity contribution >= 4 is 27.3 Å². The van der Waals surface area contributed by atoms with E-state index in [1.54, 1.807) is 19.1 Å². The number of methoxy groups -OCH3 is 1. The van der Waals surface area contributed by atoms with E-state index in [1.807, 2.05) is 12.1 Å². The Morgan fingerprint density at radius 2 is 1.73 bits per heavy atom. The number of carbonyl (C=O) groups is 1. The van der Waals surface area contributed by atoms with Crippen LogP contribution in [-0.4, -0.2) is 66.1 Å². The number of nitrogens with zero attached hydrogens (tertiary/aromatic N) is 2. The number of ether oxygens (including phenoxy) is 1. The quantitative estimate of drug-likeness (QED) is 0.696. The molecule has 2 aromatic carbocycles. The maximum absolute atomic E-state index is 12.9. The van der Waals surface area contributed by atoms with E-state index >= 15 is 0 Å². The molecule has 0 aromatic heterocycles. The van der Waals surface area contributed by atoms with Gasteiger partial charge in [0.25, 0.3) is 15.9 Å². The molecular formula is C21H28N4O4S. The third kappa shape index (κ3) is 5.03. The first-order valence-electron chi connectivity index (χ1n) is 9.86. The Bertz CT molecular complexity index is 985. The molecule has 0 unspecified atom stereocenters. The number of piperazine rings is 1. The van der Waals surface area contributed by atoms with Crippen molar-refractivity contribution in [1.82, 2.24) is 10.2 Å². The van der Waals surface area contributed by atoms with Crippen molar-refractivity contribution in [2.75, 3.05) is 56.5 Å². The molecular weight excluding hydrogens is 404 g/mol. The van der Waals surface area contributed by atoms with Gasteiger partial charge < -0.3 is 19.9 Å². The minimum atomic E-state index is -3.86. The van der Waals surface area contributed by atoms with Crippen LogP contribution in [0.25, 0.3) is 0 Å². The average Bonchev–Trinajstić information content (AvgIpc) is 2.74. The lowest BCUT2D eigenvalue weighted by atomic mass is 10.2. The number of hydrogen-bond acceptors (Lipinski definition) is 6. The number of likely N-dealkylation sites (N-methyl/N-ethyl adjacent to an activating group) is 1. The molecule has 0 bridgehead atoms. The average molecular weight is 433 g/mol. The molecule has 1 fully saturated rings. The van der Waals surface area contributed by atoms with Gasteiger partial charge in [0.15, 0.2) is 0 Å². The van der Waals surface area contributed by atoms with Crippen LogP contribution in [0.3, 0.4) is 0 Å². The van der Waals surface area contributed by atoms with Crippen LogP contribution in [0.5, 0.6) is 5.75 Å². The maximum Gasteiger partial charge on any atom is 0.261 e. The first-order valence-corrected chi connectivity index (χ1v) is 11.3. The van der Waals surface area contributed by atoms with Crippen LogP contribution in [0, 0.1) is 0 Å². The van der Waals surface area contributed by atoms with Crippen molar-refractivity contribution in [3.05, 3.63) is 48.0 Å². The Kier molecular flexibility index (Phi) is 6.84. The lowest BCUT2D eigenvalue weighted by Gasteiger charge is -2.34. The van der Waals surface area contributed by atoms with E-state index in [0.29, 0.717) is 18.0 Å². The molecule has 3 rings (SSSR count). The zero-order valence-corrected chi connectivity index (χ0v) is 18.3. The normalized spacial score (nSPS) is 15.0. The maximum atomic E-state index is 12.9. The second-order valence-electron chi connectivity index (χ2n) is 7.16. The summed E-state index contributed by atoms with van der Waals surface area (Å²) < 4.78 is 33.5. The van der Waals surface area contributed by atoms with Gasteiger partial charge in [-0.2, -0.15) is 0 Å². The molecule has 0 radical (unpaired) electrons. The van der Waals surface area contributed by atoms with Crippen LogP contribution < -0.4 is 19.7 Å². The summed E-state index contributed by atoms with van der Waals surface area (Å²) in [4.78, 5) is 16.8. The fourth-order valence-corrected chi connectivity index (χ4v) is 4.39. The van der Waals surface area contributed by atoms with Crippen molar-refractivity contribution in [3.63, 3.8) is 0 Å². The van der Waals surface area contributed by atoms with Gasteiger partial charge >= 0.3 is 0 Å². The molecule has 1 aliphatic heterocycles. The van der Waals surface area contributed by atoms with E-state index in [-0.39, 0.29) is 16.4 Å². The van der Waals surface area contributed by atoms with Gasteiger partial charge in [0.2, 0.25) is 0 Å². The largest absolute Gasteiger partial charge is 0.496 e. The SMILES string of the molecule is CCNC(=O)c1cc(S(=O)(=O)Nc2ccc(N3CCN(C)CC3)cc2)ccc1OC. The Morgan fingerprint density at radius 1 is 1.07 bits per heavy atom. The molecule has 1 heterocycles. The Hall–Kier alpha value is -2.78. The summed E-state index contributed by atoms with van der Waals surface area (Å²) in [5.74, 6) is -0.0700. The van der Waals surface area contributed by atoms with Gasteiger partial charge in [-0.25, -0.2) is 8.42 Å². The minimum absolute atomic E-state index is 0.00676. The Balaban J connectivity index is 1.77. The fourth-order valence-electron chi connectivity index (χ4n) is 3.31. The van der Waals surface area contributed by atoms with Gasteiger partial charge in [0.05, 0.1) is 17.6 Å². The molecule has 0 atom stereocenters. The van der Waals surface area contributed by atoms with E-state index < -0.39 is 10.0 Å². The summed E-state index contributed by atoms with van der Waals surface area (Å²) in [5.41, 5.74) is 1.70. The van der Waals surface area contributed by atoms with Crippen LogP contribution in [0.4, 0.5) is 11.4 Å². The van der Waals surface area contributed by atoms with E-state index in [2.05, 4.69) is 26.9 Å². The van der Waals surface area contributed by atoms with Crippen LogP contribution in [0.15, 0.2) is 47.4 Å². The lowest BCUT2D eigenvalue weighted by molar-refractivity contribution is 0.0952. The van der Waals surface area contributed by atoms with Gasteiger partial charge in [0.1, 0.15) is 5.75 Å². The summed E-state index contributed by atoms with van der Waals surface area (Å²) in [6, 6.07) is 11.6. The number of sulfonamides is 1. The number of amides is 1. The smallest absolute Gasteiger partial charge is 0.261 e. The fraction of sp³-hybridized carbons (Fsp3) is 0.381. The molecule has 2 N–H and O–H groups in total. The second-order valence-corrected chi connectivity index (χ2v) is 8.85. The zero-order valence-electron chi connectivity index (χ0n) is 17.5. The number of carbonyl (C=O) groups excluding carboxylic acids is 1.